The Hall–Kier alpha value is -1.66. The van der Waals surface area contributed by atoms with Gasteiger partial charge in [0.25, 0.3) is 5.91 Å². The van der Waals surface area contributed by atoms with Gasteiger partial charge in [0.15, 0.2) is 5.54 Å². The summed E-state index contributed by atoms with van der Waals surface area (Å²) in [6.45, 7) is 3.71. The summed E-state index contributed by atoms with van der Waals surface area (Å²) >= 11 is 5.61. The molecule has 114 valence electrons. The van der Waals surface area contributed by atoms with Gasteiger partial charge in [-0.1, -0.05) is 31.5 Å². The topological polar surface area (TPSA) is 78.4 Å². The monoisotopic (exact) mass is 314 g/mol. The van der Waals surface area contributed by atoms with Crippen LogP contribution >= 0.6 is 11.6 Å². The van der Waals surface area contributed by atoms with Crippen molar-refractivity contribution >= 4 is 23.5 Å². The minimum atomic E-state index is -1.51. The van der Waals surface area contributed by atoms with Gasteiger partial charge in [0.2, 0.25) is 0 Å². The fourth-order valence-corrected chi connectivity index (χ4v) is 2.68. The SMILES string of the molecule is CC(C)CC1(C(O)c2ccc(Cl)c(F)c2)NC(=O)NC1=O. The molecule has 1 aliphatic heterocycles. The van der Waals surface area contributed by atoms with Crippen LogP contribution in [0.25, 0.3) is 0 Å². The molecule has 0 aliphatic carbocycles. The van der Waals surface area contributed by atoms with Gasteiger partial charge in [-0.3, -0.25) is 10.1 Å². The van der Waals surface area contributed by atoms with Crippen LogP contribution in [0.3, 0.4) is 0 Å². The van der Waals surface area contributed by atoms with Crippen molar-refractivity contribution in [3.05, 3.63) is 34.6 Å². The highest BCUT2D eigenvalue weighted by atomic mass is 35.5. The minimum Gasteiger partial charge on any atom is -0.385 e. The Balaban J connectivity index is 2.43. The first-order valence-electron chi connectivity index (χ1n) is 6.53. The predicted octanol–water partition coefficient (Wildman–Crippen LogP) is 2.14. The number of amides is 3. The molecule has 0 bridgehead atoms. The fourth-order valence-electron chi connectivity index (χ4n) is 2.56. The first-order valence-corrected chi connectivity index (χ1v) is 6.90. The molecule has 1 fully saturated rings. The van der Waals surface area contributed by atoms with Crippen LogP contribution in [0.1, 0.15) is 31.9 Å². The molecular formula is C14H16ClFN2O3. The molecule has 0 saturated carbocycles. The number of rotatable bonds is 4. The zero-order chi connectivity index (χ0) is 15.8. The lowest BCUT2D eigenvalue weighted by Gasteiger charge is -2.33. The highest BCUT2D eigenvalue weighted by molar-refractivity contribution is 6.30. The Kier molecular flexibility index (Phi) is 4.20. The number of aliphatic hydroxyl groups excluding tert-OH is 1. The molecule has 0 radical (unpaired) electrons. The molecule has 2 atom stereocenters. The average Bonchev–Trinajstić information content (AvgIpc) is 2.66. The number of hydrogen-bond donors (Lipinski definition) is 3. The number of halogens is 2. The number of imide groups is 1. The van der Waals surface area contributed by atoms with E-state index in [0.29, 0.717) is 0 Å². The number of hydrogen-bond acceptors (Lipinski definition) is 3. The maximum Gasteiger partial charge on any atom is 0.322 e. The van der Waals surface area contributed by atoms with Gasteiger partial charge in [-0.05, 0) is 30.0 Å². The number of carbonyl (C=O) groups is 2. The standard InChI is InChI=1S/C14H16ClFN2O3/c1-7(2)6-14(12(20)17-13(21)18-14)11(19)8-3-4-9(15)10(16)5-8/h3-5,7,11,19H,6H2,1-2H3,(H2,17,18,20,21). The average molecular weight is 315 g/mol. The molecule has 3 amide bonds. The van der Waals surface area contributed by atoms with Gasteiger partial charge in [-0.25, -0.2) is 9.18 Å². The van der Waals surface area contributed by atoms with Crippen LogP contribution in [0.5, 0.6) is 0 Å². The Morgan fingerprint density at radius 2 is 2.05 bits per heavy atom. The van der Waals surface area contributed by atoms with Gasteiger partial charge >= 0.3 is 6.03 Å². The van der Waals surface area contributed by atoms with E-state index in [0.717, 1.165) is 6.07 Å². The Morgan fingerprint density at radius 1 is 1.38 bits per heavy atom. The number of urea groups is 1. The van der Waals surface area contributed by atoms with Crippen molar-refractivity contribution in [1.29, 1.82) is 0 Å². The Bertz CT molecular complexity index is 594. The molecule has 21 heavy (non-hydrogen) atoms. The van der Waals surface area contributed by atoms with Crippen LogP contribution in [0, 0.1) is 11.7 Å². The molecule has 5 nitrogen and oxygen atoms in total. The summed E-state index contributed by atoms with van der Waals surface area (Å²) < 4.78 is 13.6. The summed E-state index contributed by atoms with van der Waals surface area (Å²) in [7, 11) is 0. The van der Waals surface area contributed by atoms with E-state index in [4.69, 9.17) is 11.6 Å². The minimum absolute atomic E-state index is 0.0287. The highest BCUT2D eigenvalue weighted by Crippen LogP contribution is 2.35. The third-order valence-electron chi connectivity index (χ3n) is 3.43. The van der Waals surface area contributed by atoms with E-state index in [1.54, 1.807) is 0 Å². The van der Waals surface area contributed by atoms with Crippen LogP contribution in [-0.2, 0) is 4.79 Å². The summed E-state index contributed by atoms with van der Waals surface area (Å²) in [6.07, 6.45) is -1.16. The van der Waals surface area contributed by atoms with Crippen molar-refractivity contribution in [1.82, 2.24) is 10.6 Å². The molecule has 1 heterocycles. The first-order chi connectivity index (χ1) is 9.76. The maximum atomic E-state index is 13.6. The summed E-state index contributed by atoms with van der Waals surface area (Å²) in [5.74, 6) is -1.29. The van der Waals surface area contributed by atoms with E-state index >= 15 is 0 Å². The molecule has 0 aromatic heterocycles. The van der Waals surface area contributed by atoms with Gasteiger partial charge < -0.3 is 10.4 Å². The summed E-state index contributed by atoms with van der Waals surface area (Å²) in [4.78, 5) is 23.6. The molecule has 0 spiro atoms. The Morgan fingerprint density at radius 3 is 2.52 bits per heavy atom. The fraction of sp³-hybridized carbons (Fsp3) is 0.429. The lowest BCUT2D eigenvalue weighted by Crippen LogP contribution is -2.52. The van der Waals surface area contributed by atoms with Crippen LogP contribution in [0.15, 0.2) is 18.2 Å². The van der Waals surface area contributed by atoms with Crippen molar-refractivity contribution in [2.45, 2.75) is 31.9 Å². The largest absolute Gasteiger partial charge is 0.385 e. The zero-order valence-electron chi connectivity index (χ0n) is 11.6. The van der Waals surface area contributed by atoms with E-state index < -0.39 is 29.4 Å². The normalized spacial score (nSPS) is 23.1. The van der Waals surface area contributed by atoms with Crippen LogP contribution in [0.2, 0.25) is 5.02 Å². The second-order valence-corrected chi connectivity index (χ2v) is 5.96. The number of aliphatic hydroxyl groups is 1. The van der Waals surface area contributed by atoms with Crippen molar-refractivity contribution < 1.29 is 19.1 Å². The van der Waals surface area contributed by atoms with Crippen molar-refractivity contribution in [2.75, 3.05) is 0 Å². The molecule has 2 rings (SSSR count). The van der Waals surface area contributed by atoms with Crippen LogP contribution < -0.4 is 10.6 Å². The molecular weight excluding hydrogens is 299 g/mol. The second-order valence-electron chi connectivity index (χ2n) is 5.55. The molecule has 7 heteroatoms. The molecule has 3 N–H and O–H groups in total. The number of carbonyl (C=O) groups excluding carboxylic acids is 2. The van der Waals surface area contributed by atoms with E-state index in [-0.39, 0.29) is 22.9 Å². The van der Waals surface area contributed by atoms with Crippen molar-refractivity contribution in [3.8, 4) is 0 Å². The third-order valence-corrected chi connectivity index (χ3v) is 3.73. The zero-order valence-corrected chi connectivity index (χ0v) is 12.4. The van der Waals surface area contributed by atoms with Crippen molar-refractivity contribution in [2.24, 2.45) is 5.92 Å². The Labute approximate surface area is 126 Å². The molecule has 1 saturated heterocycles. The highest BCUT2D eigenvalue weighted by Gasteiger charge is 2.52. The van der Waals surface area contributed by atoms with Gasteiger partial charge in [-0.2, -0.15) is 0 Å². The van der Waals surface area contributed by atoms with Crippen LogP contribution in [0.4, 0.5) is 9.18 Å². The van der Waals surface area contributed by atoms with Gasteiger partial charge in [0.05, 0.1) is 5.02 Å². The van der Waals surface area contributed by atoms with Gasteiger partial charge in [0, 0.05) is 0 Å². The lowest BCUT2D eigenvalue weighted by atomic mass is 9.81. The smallest absolute Gasteiger partial charge is 0.322 e. The third kappa shape index (κ3) is 2.87. The molecule has 2 unspecified atom stereocenters. The summed E-state index contributed by atoms with van der Waals surface area (Å²) in [5, 5.41) is 15.1. The molecule has 1 aromatic rings. The second kappa shape index (κ2) is 5.61. The van der Waals surface area contributed by atoms with Gasteiger partial charge in [0.1, 0.15) is 11.9 Å². The van der Waals surface area contributed by atoms with E-state index in [9.17, 15) is 19.1 Å². The first kappa shape index (κ1) is 15.7. The number of benzene rings is 1. The van der Waals surface area contributed by atoms with Crippen LogP contribution in [-0.4, -0.2) is 22.6 Å². The van der Waals surface area contributed by atoms with Gasteiger partial charge in [-0.15, -0.1) is 0 Å². The lowest BCUT2D eigenvalue weighted by molar-refractivity contribution is -0.129. The quantitative estimate of drug-likeness (QED) is 0.745. The molecule has 1 aromatic carbocycles. The van der Waals surface area contributed by atoms with E-state index in [1.807, 2.05) is 13.8 Å². The number of nitrogens with one attached hydrogen (secondary N) is 2. The summed E-state index contributed by atoms with van der Waals surface area (Å²) in [6, 6.07) is 3.12. The summed E-state index contributed by atoms with van der Waals surface area (Å²) in [5.41, 5.74) is -1.33. The predicted molar refractivity (Wildman–Crippen MR) is 75.2 cm³/mol. The molecule has 1 aliphatic rings. The van der Waals surface area contributed by atoms with E-state index in [1.165, 1.54) is 12.1 Å². The maximum absolute atomic E-state index is 13.6. The van der Waals surface area contributed by atoms with Crippen molar-refractivity contribution in [3.63, 3.8) is 0 Å². The van der Waals surface area contributed by atoms with E-state index in [2.05, 4.69) is 10.6 Å².